The first kappa shape index (κ1) is 14.1. The molecule has 17 heavy (non-hydrogen) atoms. The van der Waals surface area contributed by atoms with Crippen molar-refractivity contribution in [3.8, 4) is 0 Å². The van der Waals surface area contributed by atoms with Crippen LogP contribution in [0.25, 0.3) is 0 Å². The maximum absolute atomic E-state index is 8.88. The monoisotopic (exact) mass is 236 g/mol. The van der Waals surface area contributed by atoms with E-state index in [1.54, 1.807) is 0 Å². The summed E-state index contributed by atoms with van der Waals surface area (Å²) in [5, 5.41) is 8.88. The molecule has 0 saturated heterocycles. The van der Waals surface area contributed by atoms with Crippen molar-refractivity contribution in [1.29, 1.82) is 0 Å². The van der Waals surface area contributed by atoms with Crippen LogP contribution in [0.4, 0.5) is 0 Å². The Kier molecular flexibility index (Phi) is 6.82. The number of hydrogen-bond donors (Lipinski definition) is 1. The van der Waals surface area contributed by atoms with E-state index in [0.717, 1.165) is 44.6 Å². The Morgan fingerprint density at radius 1 is 1.24 bits per heavy atom. The third kappa shape index (κ3) is 5.29. The average molecular weight is 236 g/mol. The van der Waals surface area contributed by atoms with Crippen LogP contribution in [0.3, 0.4) is 0 Å². The summed E-state index contributed by atoms with van der Waals surface area (Å²) in [5.41, 5.74) is 2.40. The van der Waals surface area contributed by atoms with E-state index in [4.69, 9.17) is 5.11 Å². The summed E-state index contributed by atoms with van der Waals surface area (Å²) in [6.45, 7) is 7.49. The number of aryl methyl sites for hydroxylation is 1. The highest BCUT2D eigenvalue weighted by Crippen LogP contribution is 2.06. The molecule has 3 nitrogen and oxygen atoms in total. The topological polar surface area (TPSA) is 36.4 Å². The van der Waals surface area contributed by atoms with Gasteiger partial charge in [0.15, 0.2) is 0 Å². The number of hydrogen-bond acceptors (Lipinski definition) is 3. The Bertz CT molecular complexity index is 298. The molecule has 1 heterocycles. The molecule has 0 saturated carbocycles. The Morgan fingerprint density at radius 3 is 2.59 bits per heavy atom. The molecule has 1 N–H and O–H groups in total. The average Bonchev–Trinajstić information content (AvgIpc) is 2.37. The van der Waals surface area contributed by atoms with Crippen LogP contribution in [0.1, 0.15) is 37.9 Å². The van der Waals surface area contributed by atoms with Crippen LogP contribution < -0.4 is 0 Å². The molecule has 0 aliphatic heterocycles. The predicted octanol–water partition coefficient (Wildman–Crippen LogP) is 2.24. The number of rotatable bonds is 8. The largest absolute Gasteiger partial charge is 0.396 e. The fraction of sp³-hybridized carbons (Fsp3) is 0.643. The Morgan fingerprint density at radius 2 is 2.06 bits per heavy atom. The first-order valence-electron chi connectivity index (χ1n) is 6.57. The van der Waals surface area contributed by atoms with Gasteiger partial charge in [-0.1, -0.05) is 19.9 Å². The minimum Gasteiger partial charge on any atom is -0.396 e. The molecule has 1 aromatic heterocycles. The number of aliphatic hydroxyl groups is 1. The molecule has 0 bridgehead atoms. The van der Waals surface area contributed by atoms with E-state index in [1.807, 2.05) is 6.20 Å². The standard InChI is InChI=1S/C14H24N2O/c1-3-8-16(9-5-10-17)12-14-7-6-13(4-2)11-15-14/h6-7,11,17H,3-5,8-10,12H2,1-2H3. The maximum Gasteiger partial charge on any atom is 0.0544 e. The zero-order valence-electron chi connectivity index (χ0n) is 11.0. The van der Waals surface area contributed by atoms with Gasteiger partial charge in [0.25, 0.3) is 0 Å². The summed E-state index contributed by atoms with van der Waals surface area (Å²) in [6.07, 6.45) is 4.98. The maximum atomic E-state index is 8.88. The van der Waals surface area contributed by atoms with Crippen molar-refractivity contribution in [3.63, 3.8) is 0 Å². The second kappa shape index (κ2) is 8.20. The Balaban J connectivity index is 2.51. The molecule has 0 atom stereocenters. The number of pyridine rings is 1. The van der Waals surface area contributed by atoms with Crippen molar-refractivity contribution < 1.29 is 5.11 Å². The summed E-state index contributed by atoms with van der Waals surface area (Å²) in [6, 6.07) is 4.26. The molecule has 3 heteroatoms. The van der Waals surface area contributed by atoms with Gasteiger partial charge in [-0.05, 0) is 37.4 Å². The molecule has 0 aliphatic rings. The lowest BCUT2D eigenvalue weighted by atomic mass is 10.2. The minimum absolute atomic E-state index is 0.266. The normalized spacial score (nSPS) is 11.1. The van der Waals surface area contributed by atoms with Gasteiger partial charge in [-0.25, -0.2) is 0 Å². The minimum atomic E-state index is 0.266. The second-order valence-corrected chi connectivity index (χ2v) is 4.36. The first-order chi connectivity index (χ1) is 8.30. The molecular weight excluding hydrogens is 212 g/mol. The van der Waals surface area contributed by atoms with Crippen LogP contribution in [0, 0.1) is 0 Å². The Hall–Kier alpha value is -0.930. The smallest absolute Gasteiger partial charge is 0.0544 e. The fourth-order valence-corrected chi connectivity index (χ4v) is 1.87. The van der Waals surface area contributed by atoms with Crippen LogP contribution in [0.5, 0.6) is 0 Å². The van der Waals surface area contributed by atoms with E-state index in [2.05, 4.69) is 35.9 Å². The fourth-order valence-electron chi connectivity index (χ4n) is 1.87. The van der Waals surface area contributed by atoms with Crippen molar-refractivity contribution in [3.05, 3.63) is 29.6 Å². The molecule has 1 rings (SSSR count). The van der Waals surface area contributed by atoms with Gasteiger partial charge in [-0.3, -0.25) is 9.88 Å². The highest BCUT2D eigenvalue weighted by Gasteiger charge is 2.05. The predicted molar refractivity (Wildman–Crippen MR) is 70.9 cm³/mol. The Labute approximate surface area is 104 Å². The van der Waals surface area contributed by atoms with Crippen LogP contribution in [-0.4, -0.2) is 34.7 Å². The van der Waals surface area contributed by atoms with Gasteiger partial charge < -0.3 is 5.11 Å². The summed E-state index contributed by atoms with van der Waals surface area (Å²) < 4.78 is 0. The quantitative estimate of drug-likeness (QED) is 0.752. The van der Waals surface area contributed by atoms with E-state index in [0.29, 0.717) is 0 Å². The number of nitrogens with zero attached hydrogens (tertiary/aromatic N) is 2. The summed E-state index contributed by atoms with van der Waals surface area (Å²) in [7, 11) is 0. The summed E-state index contributed by atoms with van der Waals surface area (Å²) in [5.74, 6) is 0. The lowest BCUT2D eigenvalue weighted by molar-refractivity contribution is 0.217. The van der Waals surface area contributed by atoms with Gasteiger partial charge in [-0.15, -0.1) is 0 Å². The molecule has 96 valence electrons. The highest BCUT2D eigenvalue weighted by atomic mass is 16.3. The zero-order chi connectivity index (χ0) is 12.5. The van der Waals surface area contributed by atoms with Crippen molar-refractivity contribution in [2.24, 2.45) is 0 Å². The SMILES string of the molecule is CCCN(CCCO)Cc1ccc(CC)cn1. The van der Waals surface area contributed by atoms with Gasteiger partial charge in [0.1, 0.15) is 0 Å². The van der Waals surface area contributed by atoms with Gasteiger partial charge >= 0.3 is 0 Å². The molecule has 0 radical (unpaired) electrons. The molecule has 0 amide bonds. The van der Waals surface area contributed by atoms with Crippen LogP contribution >= 0.6 is 0 Å². The van der Waals surface area contributed by atoms with Gasteiger partial charge in [-0.2, -0.15) is 0 Å². The lowest BCUT2D eigenvalue weighted by Gasteiger charge is -2.20. The van der Waals surface area contributed by atoms with Crippen molar-refractivity contribution in [2.75, 3.05) is 19.7 Å². The van der Waals surface area contributed by atoms with Crippen molar-refractivity contribution in [1.82, 2.24) is 9.88 Å². The van der Waals surface area contributed by atoms with Crippen LogP contribution in [0.2, 0.25) is 0 Å². The lowest BCUT2D eigenvalue weighted by Crippen LogP contribution is -2.26. The zero-order valence-corrected chi connectivity index (χ0v) is 11.0. The molecule has 0 spiro atoms. The van der Waals surface area contributed by atoms with Crippen molar-refractivity contribution >= 4 is 0 Å². The molecule has 0 aromatic carbocycles. The summed E-state index contributed by atoms with van der Waals surface area (Å²) >= 11 is 0. The third-order valence-corrected chi connectivity index (χ3v) is 2.85. The van der Waals surface area contributed by atoms with E-state index in [9.17, 15) is 0 Å². The third-order valence-electron chi connectivity index (χ3n) is 2.85. The van der Waals surface area contributed by atoms with Gasteiger partial charge in [0, 0.05) is 25.9 Å². The number of aliphatic hydroxyl groups excluding tert-OH is 1. The second-order valence-electron chi connectivity index (χ2n) is 4.36. The molecular formula is C14H24N2O. The van der Waals surface area contributed by atoms with E-state index in [-0.39, 0.29) is 6.61 Å². The number of aromatic nitrogens is 1. The van der Waals surface area contributed by atoms with Crippen molar-refractivity contribution in [2.45, 2.75) is 39.7 Å². The van der Waals surface area contributed by atoms with E-state index in [1.165, 1.54) is 5.56 Å². The molecule has 0 unspecified atom stereocenters. The van der Waals surface area contributed by atoms with E-state index >= 15 is 0 Å². The van der Waals surface area contributed by atoms with E-state index < -0.39 is 0 Å². The molecule has 0 fully saturated rings. The first-order valence-corrected chi connectivity index (χ1v) is 6.57. The molecule has 0 aliphatic carbocycles. The summed E-state index contributed by atoms with van der Waals surface area (Å²) in [4.78, 5) is 6.83. The molecule has 1 aromatic rings. The van der Waals surface area contributed by atoms with Gasteiger partial charge in [0.2, 0.25) is 0 Å². The highest BCUT2D eigenvalue weighted by molar-refractivity contribution is 5.13. The van der Waals surface area contributed by atoms with Crippen LogP contribution in [0.15, 0.2) is 18.3 Å². The van der Waals surface area contributed by atoms with Gasteiger partial charge in [0.05, 0.1) is 5.69 Å². The van der Waals surface area contributed by atoms with Crippen LogP contribution in [-0.2, 0) is 13.0 Å².